The quantitative estimate of drug-likeness (QED) is 0.115. The number of aliphatic hydroxyl groups excluding tert-OH is 2. The standard InChI is InChI=1S/C24H53NO5P/c1-6-7-8-9-10-11-12-13-14-15-16-17-18-19-20-29-31(28,30-22-23(2)27)24(21-26)25(3,4)5/h23-24,26-27H,6-22H2,1-5H3/q+1. The summed E-state index contributed by atoms with van der Waals surface area (Å²) in [5.74, 6) is -0.669. The van der Waals surface area contributed by atoms with Crippen molar-refractivity contribution in [1.82, 2.24) is 0 Å². The van der Waals surface area contributed by atoms with Gasteiger partial charge < -0.3 is 23.7 Å². The third kappa shape index (κ3) is 16.3. The van der Waals surface area contributed by atoms with Gasteiger partial charge in [0.15, 0.2) is 0 Å². The SMILES string of the molecule is CCCCCCCCCCCCCCCCOP(=O)(OCC(C)O)C(CO)[N+](C)(C)C. The highest BCUT2D eigenvalue weighted by Gasteiger charge is 2.45. The summed E-state index contributed by atoms with van der Waals surface area (Å²) < 4.78 is 24.8. The molecule has 0 aliphatic heterocycles. The van der Waals surface area contributed by atoms with E-state index in [2.05, 4.69) is 6.92 Å². The normalized spacial score (nSPS) is 16.2. The number of hydrogen-bond donors (Lipinski definition) is 2. The van der Waals surface area contributed by atoms with Crippen molar-refractivity contribution in [2.75, 3.05) is 41.0 Å². The molecule has 0 radical (unpaired) electrons. The lowest BCUT2D eigenvalue weighted by molar-refractivity contribution is -0.883. The number of nitrogens with zero attached hydrogens (tertiary/aromatic N) is 1. The van der Waals surface area contributed by atoms with Crippen molar-refractivity contribution >= 4 is 7.60 Å². The summed E-state index contributed by atoms with van der Waals surface area (Å²) in [6.07, 6.45) is 17.2. The Balaban J connectivity index is 3.94. The molecule has 6 nitrogen and oxygen atoms in total. The van der Waals surface area contributed by atoms with Crippen LogP contribution in [0.2, 0.25) is 0 Å². The Labute approximate surface area is 192 Å². The molecule has 7 heteroatoms. The summed E-state index contributed by atoms with van der Waals surface area (Å²) in [7, 11) is 2.04. The smallest absolute Gasteiger partial charge is 0.390 e. The zero-order chi connectivity index (χ0) is 23.6. The number of hydrogen-bond acceptors (Lipinski definition) is 5. The second-order valence-electron chi connectivity index (χ2n) is 9.89. The van der Waals surface area contributed by atoms with Crippen LogP contribution < -0.4 is 0 Å². The summed E-state index contributed by atoms with van der Waals surface area (Å²) in [5.41, 5.74) is 0. The average Bonchev–Trinajstić information content (AvgIpc) is 2.69. The zero-order valence-corrected chi connectivity index (χ0v) is 22.1. The predicted octanol–water partition coefficient (Wildman–Crippen LogP) is 6.10. The Hall–Kier alpha value is 0.0300. The van der Waals surface area contributed by atoms with Gasteiger partial charge >= 0.3 is 7.60 Å². The average molecular weight is 467 g/mol. The summed E-state index contributed by atoms with van der Waals surface area (Å²) in [4.78, 5) is 0. The number of likely N-dealkylation sites (N-methyl/N-ethyl adjacent to an activating group) is 1. The van der Waals surface area contributed by atoms with Gasteiger partial charge in [-0.2, -0.15) is 0 Å². The van der Waals surface area contributed by atoms with Crippen LogP contribution in [0.1, 0.15) is 104 Å². The third-order valence-corrected chi connectivity index (χ3v) is 8.32. The summed E-state index contributed by atoms with van der Waals surface area (Å²) in [5, 5.41) is 19.3. The number of aliphatic hydroxyl groups is 2. The van der Waals surface area contributed by atoms with Crippen LogP contribution in [0, 0.1) is 0 Å². The second kappa shape index (κ2) is 18.5. The van der Waals surface area contributed by atoms with Crippen molar-refractivity contribution in [3.05, 3.63) is 0 Å². The third-order valence-electron chi connectivity index (χ3n) is 5.69. The van der Waals surface area contributed by atoms with Gasteiger partial charge in [-0.05, 0) is 13.3 Å². The van der Waals surface area contributed by atoms with Gasteiger partial charge in [-0.25, -0.2) is 0 Å². The maximum Gasteiger partial charge on any atom is 0.390 e. The Morgan fingerprint density at radius 3 is 1.55 bits per heavy atom. The van der Waals surface area contributed by atoms with Crippen molar-refractivity contribution in [3.8, 4) is 0 Å². The fraction of sp³-hybridized carbons (Fsp3) is 1.00. The van der Waals surface area contributed by atoms with E-state index in [1.54, 1.807) is 6.92 Å². The predicted molar refractivity (Wildman–Crippen MR) is 130 cm³/mol. The monoisotopic (exact) mass is 466 g/mol. The molecule has 0 fully saturated rings. The lowest BCUT2D eigenvalue weighted by atomic mass is 10.0. The first kappa shape index (κ1) is 31.0. The van der Waals surface area contributed by atoms with Gasteiger partial charge in [0.25, 0.3) is 0 Å². The fourth-order valence-electron chi connectivity index (χ4n) is 3.68. The molecule has 31 heavy (non-hydrogen) atoms. The minimum Gasteiger partial charge on any atom is -0.391 e. The van der Waals surface area contributed by atoms with Crippen molar-refractivity contribution < 1.29 is 28.3 Å². The lowest BCUT2D eigenvalue weighted by Crippen LogP contribution is -2.47. The van der Waals surface area contributed by atoms with Crippen LogP contribution in [0.25, 0.3) is 0 Å². The van der Waals surface area contributed by atoms with Gasteiger partial charge in [0.05, 0.1) is 40.5 Å². The van der Waals surface area contributed by atoms with Gasteiger partial charge in [-0.3, -0.25) is 4.57 Å². The number of quaternary nitrogens is 1. The summed E-state index contributed by atoms with van der Waals surface area (Å²) >= 11 is 0. The van der Waals surface area contributed by atoms with Gasteiger partial charge in [0.2, 0.25) is 5.78 Å². The molecule has 0 saturated carbocycles. The Morgan fingerprint density at radius 2 is 1.19 bits per heavy atom. The summed E-state index contributed by atoms with van der Waals surface area (Å²) in [6.45, 7) is 3.84. The molecule has 0 aromatic rings. The van der Waals surface area contributed by atoms with Crippen molar-refractivity contribution in [1.29, 1.82) is 0 Å². The van der Waals surface area contributed by atoms with Crippen LogP contribution in [0.4, 0.5) is 0 Å². The van der Waals surface area contributed by atoms with E-state index in [0.29, 0.717) is 6.61 Å². The first-order valence-electron chi connectivity index (χ1n) is 12.7. The highest BCUT2D eigenvalue weighted by atomic mass is 31.2. The first-order chi connectivity index (χ1) is 14.7. The van der Waals surface area contributed by atoms with E-state index in [1.807, 2.05) is 21.1 Å². The van der Waals surface area contributed by atoms with Crippen LogP contribution >= 0.6 is 7.60 Å². The molecule has 0 aromatic heterocycles. The molecule has 0 aromatic carbocycles. The highest BCUT2D eigenvalue weighted by Crippen LogP contribution is 2.55. The molecule has 0 saturated heterocycles. The zero-order valence-electron chi connectivity index (χ0n) is 21.2. The molecule has 3 unspecified atom stereocenters. The van der Waals surface area contributed by atoms with Gasteiger partial charge in [-0.15, -0.1) is 0 Å². The molecule has 3 atom stereocenters. The molecule has 0 aliphatic carbocycles. The van der Waals surface area contributed by atoms with E-state index in [-0.39, 0.29) is 17.7 Å². The molecule has 0 aliphatic rings. The molecule has 0 spiro atoms. The molecular weight excluding hydrogens is 413 g/mol. The van der Waals surface area contributed by atoms with Gasteiger partial charge in [-0.1, -0.05) is 90.4 Å². The van der Waals surface area contributed by atoms with E-state index >= 15 is 0 Å². The van der Waals surface area contributed by atoms with E-state index in [4.69, 9.17) is 9.05 Å². The van der Waals surface area contributed by atoms with Crippen LogP contribution in [-0.4, -0.2) is 67.5 Å². The number of unbranched alkanes of at least 4 members (excludes halogenated alkanes) is 13. The molecule has 0 heterocycles. The largest absolute Gasteiger partial charge is 0.391 e. The molecule has 0 bridgehead atoms. The van der Waals surface area contributed by atoms with Crippen LogP contribution in [0.15, 0.2) is 0 Å². The molecular formula is C24H53NO5P+. The fourth-order valence-corrected chi connectivity index (χ4v) is 5.95. The van der Waals surface area contributed by atoms with Gasteiger partial charge in [0.1, 0.15) is 6.61 Å². The maximum atomic E-state index is 13.3. The highest BCUT2D eigenvalue weighted by molar-refractivity contribution is 7.54. The van der Waals surface area contributed by atoms with Crippen LogP contribution in [0.5, 0.6) is 0 Å². The maximum absolute atomic E-state index is 13.3. The van der Waals surface area contributed by atoms with Crippen molar-refractivity contribution in [3.63, 3.8) is 0 Å². The van der Waals surface area contributed by atoms with E-state index in [1.165, 1.54) is 70.6 Å². The number of rotatable bonds is 22. The van der Waals surface area contributed by atoms with E-state index in [0.717, 1.165) is 19.3 Å². The molecule has 0 amide bonds. The minimum atomic E-state index is -3.53. The Bertz CT molecular complexity index is 454. The van der Waals surface area contributed by atoms with E-state index < -0.39 is 19.5 Å². The first-order valence-corrected chi connectivity index (χ1v) is 14.3. The molecule has 188 valence electrons. The lowest BCUT2D eigenvalue weighted by Gasteiger charge is -2.36. The van der Waals surface area contributed by atoms with Gasteiger partial charge in [0, 0.05) is 0 Å². The minimum absolute atomic E-state index is 0.0630. The molecule has 2 N–H and O–H groups in total. The second-order valence-corrected chi connectivity index (χ2v) is 12.1. The topological polar surface area (TPSA) is 76.0 Å². The molecule has 0 rings (SSSR count). The van der Waals surface area contributed by atoms with Crippen molar-refractivity contribution in [2.24, 2.45) is 0 Å². The van der Waals surface area contributed by atoms with Crippen molar-refractivity contribution in [2.45, 2.75) is 116 Å². The van der Waals surface area contributed by atoms with Crippen LogP contribution in [-0.2, 0) is 13.6 Å². The summed E-state index contributed by atoms with van der Waals surface area (Å²) in [6, 6.07) is 0. The van der Waals surface area contributed by atoms with E-state index in [9.17, 15) is 14.8 Å². The Morgan fingerprint density at radius 1 is 0.774 bits per heavy atom. The Kier molecular flexibility index (Phi) is 18.5. The van der Waals surface area contributed by atoms with Crippen LogP contribution in [0.3, 0.4) is 0 Å².